The van der Waals surface area contributed by atoms with Gasteiger partial charge in [0.15, 0.2) is 5.82 Å². The molecular formula is C14H16N6O3. The van der Waals surface area contributed by atoms with E-state index in [0.717, 1.165) is 6.42 Å². The molecule has 120 valence electrons. The number of imidazole rings is 1. The first kappa shape index (κ1) is 14.9. The van der Waals surface area contributed by atoms with Crippen LogP contribution in [0.4, 0.5) is 11.5 Å². The summed E-state index contributed by atoms with van der Waals surface area (Å²) in [7, 11) is 1.78. The lowest BCUT2D eigenvalue weighted by Crippen LogP contribution is -2.33. The predicted octanol–water partition coefficient (Wildman–Crippen LogP) is 1.05. The number of anilines is 1. The van der Waals surface area contributed by atoms with Gasteiger partial charge in [-0.15, -0.1) is 0 Å². The average molecular weight is 316 g/mol. The van der Waals surface area contributed by atoms with Gasteiger partial charge in [0, 0.05) is 44.6 Å². The largest absolute Gasteiger partial charge is 0.365 e. The SMILES string of the molecule is Cn1ccnc1C(=O)N1CC[C@H](Nc2ccc([N+](=O)[O-])cn2)C1. The summed E-state index contributed by atoms with van der Waals surface area (Å²) in [6, 6.07) is 3.04. The maximum atomic E-state index is 12.4. The maximum absolute atomic E-state index is 12.4. The highest BCUT2D eigenvalue weighted by Crippen LogP contribution is 2.18. The van der Waals surface area contributed by atoms with E-state index >= 15 is 0 Å². The second-order valence-electron chi connectivity index (χ2n) is 5.40. The van der Waals surface area contributed by atoms with Gasteiger partial charge >= 0.3 is 0 Å². The Hall–Kier alpha value is -2.97. The summed E-state index contributed by atoms with van der Waals surface area (Å²) >= 11 is 0. The molecule has 1 saturated heterocycles. The number of hydrogen-bond donors (Lipinski definition) is 1. The molecule has 1 amide bonds. The van der Waals surface area contributed by atoms with Gasteiger partial charge in [0.2, 0.25) is 0 Å². The predicted molar refractivity (Wildman–Crippen MR) is 82.0 cm³/mol. The maximum Gasteiger partial charge on any atom is 0.289 e. The number of amides is 1. The summed E-state index contributed by atoms with van der Waals surface area (Å²) < 4.78 is 1.70. The van der Waals surface area contributed by atoms with Crippen molar-refractivity contribution in [2.45, 2.75) is 12.5 Å². The zero-order valence-electron chi connectivity index (χ0n) is 12.5. The fourth-order valence-electron chi connectivity index (χ4n) is 2.56. The van der Waals surface area contributed by atoms with Crippen molar-refractivity contribution in [2.75, 3.05) is 18.4 Å². The number of carbonyl (C=O) groups excluding carboxylic acids is 1. The van der Waals surface area contributed by atoms with Crippen LogP contribution < -0.4 is 5.32 Å². The van der Waals surface area contributed by atoms with E-state index in [2.05, 4.69) is 15.3 Å². The summed E-state index contributed by atoms with van der Waals surface area (Å²) in [6.45, 7) is 1.18. The number of aromatic nitrogens is 3. The van der Waals surface area contributed by atoms with E-state index in [-0.39, 0.29) is 17.6 Å². The molecule has 2 aromatic heterocycles. The van der Waals surface area contributed by atoms with Crippen molar-refractivity contribution in [1.29, 1.82) is 0 Å². The fraction of sp³-hybridized carbons (Fsp3) is 0.357. The van der Waals surface area contributed by atoms with Gasteiger partial charge in [-0.3, -0.25) is 14.9 Å². The minimum atomic E-state index is -0.486. The summed E-state index contributed by atoms with van der Waals surface area (Å²) in [4.78, 5) is 32.3. The Morgan fingerprint density at radius 1 is 1.43 bits per heavy atom. The molecule has 0 unspecified atom stereocenters. The van der Waals surface area contributed by atoms with E-state index < -0.39 is 4.92 Å². The number of aryl methyl sites for hydroxylation is 1. The highest BCUT2D eigenvalue weighted by molar-refractivity contribution is 5.91. The number of carbonyl (C=O) groups is 1. The minimum Gasteiger partial charge on any atom is -0.365 e. The van der Waals surface area contributed by atoms with Crippen LogP contribution in [0.25, 0.3) is 0 Å². The normalized spacial score (nSPS) is 17.3. The number of hydrogen-bond acceptors (Lipinski definition) is 6. The molecule has 0 aromatic carbocycles. The lowest BCUT2D eigenvalue weighted by atomic mass is 10.2. The lowest BCUT2D eigenvalue weighted by molar-refractivity contribution is -0.385. The first-order valence-corrected chi connectivity index (χ1v) is 7.18. The highest BCUT2D eigenvalue weighted by atomic mass is 16.6. The van der Waals surface area contributed by atoms with E-state index in [1.165, 1.54) is 12.3 Å². The molecule has 0 saturated carbocycles. The van der Waals surface area contributed by atoms with Gasteiger partial charge < -0.3 is 14.8 Å². The first-order chi connectivity index (χ1) is 11.0. The van der Waals surface area contributed by atoms with E-state index in [1.54, 1.807) is 35.0 Å². The van der Waals surface area contributed by atoms with Crippen LogP contribution in [-0.4, -0.2) is 49.4 Å². The molecule has 0 bridgehead atoms. The van der Waals surface area contributed by atoms with Crippen LogP contribution in [0.2, 0.25) is 0 Å². The molecule has 0 radical (unpaired) electrons. The second-order valence-corrected chi connectivity index (χ2v) is 5.40. The molecule has 3 rings (SSSR count). The Kier molecular flexibility index (Phi) is 3.92. The van der Waals surface area contributed by atoms with Gasteiger partial charge in [-0.1, -0.05) is 0 Å². The quantitative estimate of drug-likeness (QED) is 0.667. The van der Waals surface area contributed by atoms with E-state index in [0.29, 0.717) is 24.7 Å². The molecule has 1 aliphatic rings. The summed E-state index contributed by atoms with van der Waals surface area (Å²) in [6.07, 6.45) is 5.34. The van der Waals surface area contributed by atoms with Crippen molar-refractivity contribution >= 4 is 17.4 Å². The molecule has 2 aromatic rings. The first-order valence-electron chi connectivity index (χ1n) is 7.18. The summed E-state index contributed by atoms with van der Waals surface area (Å²) in [5.74, 6) is 0.879. The third kappa shape index (κ3) is 3.12. The second kappa shape index (κ2) is 6.03. The van der Waals surface area contributed by atoms with E-state index in [9.17, 15) is 14.9 Å². The van der Waals surface area contributed by atoms with Crippen molar-refractivity contribution in [3.63, 3.8) is 0 Å². The molecule has 1 fully saturated rings. The van der Waals surface area contributed by atoms with Crippen LogP contribution in [0.3, 0.4) is 0 Å². The molecule has 0 spiro atoms. The van der Waals surface area contributed by atoms with Gasteiger partial charge in [0.1, 0.15) is 12.0 Å². The van der Waals surface area contributed by atoms with Crippen molar-refractivity contribution in [3.8, 4) is 0 Å². The average Bonchev–Trinajstić information content (AvgIpc) is 3.16. The van der Waals surface area contributed by atoms with Crippen LogP contribution in [0.5, 0.6) is 0 Å². The standard InChI is InChI=1S/C14H16N6O3/c1-18-7-5-15-13(18)14(21)19-6-4-10(9-19)17-12-3-2-11(8-16-12)20(22)23/h2-3,5,7-8,10H,4,6,9H2,1H3,(H,16,17)/t10-/m0/s1. The van der Waals surface area contributed by atoms with Crippen LogP contribution in [0.15, 0.2) is 30.7 Å². The molecule has 1 N–H and O–H groups in total. The number of likely N-dealkylation sites (tertiary alicyclic amines) is 1. The van der Waals surface area contributed by atoms with Gasteiger partial charge in [-0.05, 0) is 12.5 Å². The van der Waals surface area contributed by atoms with Crippen molar-refractivity contribution in [1.82, 2.24) is 19.4 Å². The van der Waals surface area contributed by atoms with Gasteiger partial charge in [0.25, 0.3) is 11.6 Å². The number of nitrogens with zero attached hydrogens (tertiary/aromatic N) is 5. The zero-order valence-corrected chi connectivity index (χ0v) is 12.5. The van der Waals surface area contributed by atoms with Crippen molar-refractivity contribution in [3.05, 3.63) is 46.7 Å². The monoisotopic (exact) mass is 316 g/mol. The van der Waals surface area contributed by atoms with Gasteiger partial charge in [-0.25, -0.2) is 9.97 Å². The smallest absolute Gasteiger partial charge is 0.289 e. The van der Waals surface area contributed by atoms with Crippen molar-refractivity contribution < 1.29 is 9.72 Å². The minimum absolute atomic E-state index is 0.0476. The van der Waals surface area contributed by atoms with Crippen LogP contribution in [0, 0.1) is 10.1 Å². The molecule has 0 aliphatic carbocycles. The van der Waals surface area contributed by atoms with Gasteiger partial charge in [-0.2, -0.15) is 0 Å². The van der Waals surface area contributed by atoms with Gasteiger partial charge in [0.05, 0.1) is 4.92 Å². The summed E-state index contributed by atoms with van der Waals surface area (Å²) in [5, 5.41) is 13.8. The zero-order chi connectivity index (χ0) is 16.4. The molecule has 9 nitrogen and oxygen atoms in total. The van der Waals surface area contributed by atoms with Crippen molar-refractivity contribution in [2.24, 2.45) is 7.05 Å². The molecular weight excluding hydrogens is 300 g/mol. The van der Waals surface area contributed by atoms with Crippen LogP contribution >= 0.6 is 0 Å². The topological polar surface area (TPSA) is 106 Å². The number of rotatable bonds is 4. The number of pyridine rings is 1. The van der Waals surface area contributed by atoms with Crippen LogP contribution in [-0.2, 0) is 7.05 Å². The Balaban J connectivity index is 1.60. The number of nitro groups is 1. The van der Waals surface area contributed by atoms with Crippen LogP contribution in [0.1, 0.15) is 17.0 Å². The lowest BCUT2D eigenvalue weighted by Gasteiger charge is -2.17. The van der Waals surface area contributed by atoms with E-state index in [1.807, 2.05) is 0 Å². The highest BCUT2D eigenvalue weighted by Gasteiger charge is 2.28. The fourth-order valence-corrected chi connectivity index (χ4v) is 2.56. The molecule has 3 heterocycles. The Morgan fingerprint density at radius 2 is 2.26 bits per heavy atom. The van der Waals surface area contributed by atoms with E-state index in [4.69, 9.17) is 0 Å². The molecule has 9 heteroatoms. The Morgan fingerprint density at radius 3 is 2.87 bits per heavy atom. The molecule has 23 heavy (non-hydrogen) atoms. The number of nitrogens with one attached hydrogen (secondary N) is 1. The third-order valence-corrected chi connectivity index (χ3v) is 3.80. The summed E-state index contributed by atoms with van der Waals surface area (Å²) in [5.41, 5.74) is -0.0476. The molecule has 1 aliphatic heterocycles. The third-order valence-electron chi connectivity index (χ3n) is 3.80. The Bertz CT molecular complexity index is 726. The molecule has 1 atom stereocenters. The Labute approximate surface area is 132 Å².